The van der Waals surface area contributed by atoms with Crippen LogP contribution in [-0.4, -0.2) is 24.9 Å². The monoisotopic (exact) mass is 285 g/mol. The Hall–Kier alpha value is -0.970. The van der Waals surface area contributed by atoms with Gasteiger partial charge >= 0.3 is 0 Å². The highest BCUT2D eigenvalue weighted by Gasteiger charge is 2.23. The molecule has 0 bridgehead atoms. The molecule has 5 heteroatoms. The van der Waals surface area contributed by atoms with Gasteiger partial charge in [0.25, 0.3) is 0 Å². The van der Waals surface area contributed by atoms with E-state index < -0.39 is 6.10 Å². The van der Waals surface area contributed by atoms with E-state index in [0.717, 1.165) is 12.8 Å². The topological polar surface area (TPSA) is 64.7 Å². The molecule has 0 spiro atoms. The number of rotatable bonds is 5. The maximum Gasteiger partial charge on any atom is 0.167 e. The minimum Gasteiger partial charge on any atom is -0.493 e. The van der Waals surface area contributed by atoms with Crippen LogP contribution in [-0.2, 0) is 0 Å². The Labute approximate surface area is 118 Å². The van der Waals surface area contributed by atoms with Crippen molar-refractivity contribution in [3.05, 3.63) is 22.7 Å². The van der Waals surface area contributed by atoms with Gasteiger partial charge in [-0.2, -0.15) is 0 Å². The molecule has 1 aliphatic carbocycles. The summed E-state index contributed by atoms with van der Waals surface area (Å²) in [5.41, 5.74) is 6.13. The number of hydrogen-bond acceptors (Lipinski definition) is 4. The average molecular weight is 286 g/mol. The normalized spacial score (nSPS) is 17.5. The molecule has 4 nitrogen and oxygen atoms in total. The smallest absolute Gasteiger partial charge is 0.167 e. The number of ether oxygens (including phenoxy) is 2. The highest BCUT2D eigenvalue weighted by atomic mass is 35.5. The van der Waals surface area contributed by atoms with Gasteiger partial charge in [0.05, 0.1) is 19.3 Å². The quantitative estimate of drug-likeness (QED) is 0.873. The molecule has 1 fully saturated rings. The fourth-order valence-electron chi connectivity index (χ4n) is 2.41. The predicted octanol–water partition coefficient (Wildman–Crippen LogP) is 2.66. The van der Waals surface area contributed by atoms with E-state index in [9.17, 15) is 5.11 Å². The lowest BCUT2D eigenvalue weighted by Gasteiger charge is -2.21. The molecule has 1 aromatic rings. The van der Waals surface area contributed by atoms with Crippen LogP contribution in [0.4, 0.5) is 0 Å². The third-order valence-corrected chi connectivity index (χ3v) is 3.66. The Morgan fingerprint density at radius 1 is 1.42 bits per heavy atom. The van der Waals surface area contributed by atoms with Gasteiger partial charge in [-0.25, -0.2) is 0 Å². The zero-order valence-electron chi connectivity index (χ0n) is 11.1. The number of hydrogen-bond donors (Lipinski definition) is 2. The van der Waals surface area contributed by atoms with Crippen molar-refractivity contribution in [2.75, 3.05) is 13.7 Å². The van der Waals surface area contributed by atoms with Gasteiger partial charge in [-0.05, 0) is 31.7 Å². The summed E-state index contributed by atoms with van der Waals surface area (Å²) in [5, 5.41) is 10.5. The summed E-state index contributed by atoms with van der Waals surface area (Å²) < 4.78 is 11.3. The standard InChI is InChI=1S/C14H20ClNO3/c1-18-13-7-9(15)6-11(12(17)8-16)14(13)19-10-4-2-3-5-10/h6-7,10,12,17H,2-5,8,16H2,1H3. The SMILES string of the molecule is COc1cc(Cl)cc(C(O)CN)c1OC1CCCC1. The lowest BCUT2D eigenvalue weighted by Crippen LogP contribution is -2.17. The van der Waals surface area contributed by atoms with Crippen LogP contribution in [0.3, 0.4) is 0 Å². The van der Waals surface area contributed by atoms with Crippen LogP contribution < -0.4 is 15.2 Å². The van der Waals surface area contributed by atoms with E-state index in [-0.39, 0.29) is 12.6 Å². The van der Waals surface area contributed by atoms with Crippen LogP contribution in [0.15, 0.2) is 12.1 Å². The van der Waals surface area contributed by atoms with Crippen LogP contribution in [0.25, 0.3) is 0 Å². The average Bonchev–Trinajstić information content (AvgIpc) is 2.92. The molecule has 0 aliphatic heterocycles. The zero-order valence-corrected chi connectivity index (χ0v) is 11.8. The van der Waals surface area contributed by atoms with Crippen LogP contribution in [0.2, 0.25) is 5.02 Å². The summed E-state index contributed by atoms with van der Waals surface area (Å²) in [4.78, 5) is 0. The maximum atomic E-state index is 10.0. The largest absolute Gasteiger partial charge is 0.493 e. The van der Waals surface area contributed by atoms with Gasteiger partial charge in [0, 0.05) is 23.2 Å². The van der Waals surface area contributed by atoms with E-state index in [2.05, 4.69) is 0 Å². The molecule has 0 amide bonds. The van der Waals surface area contributed by atoms with Crippen LogP contribution in [0.5, 0.6) is 11.5 Å². The van der Waals surface area contributed by atoms with E-state index in [0.29, 0.717) is 22.1 Å². The van der Waals surface area contributed by atoms with E-state index in [1.54, 1.807) is 19.2 Å². The van der Waals surface area contributed by atoms with Gasteiger partial charge < -0.3 is 20.3 Å². The van der Waals surface area contributed by atoms with E-state index >= 15 is 0 Å². The highest BCUT2D eigenvalue weighted by molar-refractivity contribution is 6.30. The summed E-state index contributed by atoms with van der Waals surface area (Å²) in [6.07, 6.45) is 3.79. The van der Waals surface area contributed by atoms with Crippen molar-refractivity contribution in [2.45, 2.75) is 37.9 Å². The first-order chi connectivity index (χ1) is 9.15. The van der Waals surface area contributed by atoms with Crippen molar-refractivity contribution < 1.29 is 14.6 Å². The molecule has 19 heavy (non-hydrogen) atoms. The first kappa shape index (κ1) is 14.4. The van der Waals surface area contributed by atoms with Crippen LogP contribution in [0.1, 0.15) is 37.4 Å². The summed E-state index contributed by atoms with van der Waals surface area (Å²) >= 11 is 6.03. The van der Waals surface area contributed by atoms with Gasteiger partial charge in [0.15, 0.2) is 11.5 Å². The molecule has 0 aromatic heterocycles. The molecule has 1 unspecified atom stereocenters. The third-order valence-electron chi connectivity index (χ3n) is 3.44. The van der Waals surface area contributed by atoms with Crippen molar-refractivity contribution >= 4 is 11.6 Å². The van der Waals surface area contributed by atoms with Crippen molar-refractivity contribution in [1.82, 2.24) is 0 Å². The molecule has 1 aliphatic rings. The van der Waals surface area contributed by atoms with E-state index in [1.807, 2.05) is 0 Å². The summed E-state index contributed by atoms with van der Waals surface area (Å²) in [7, 11) is 1.56. The highest BCUT2D eigenvalue weighted by Crippen LogP contribution is 2.39. The second kappa shape index (κ2) is 6.46. The lowest BCUT2D eigenvalue weighted by molar-refractivity contribution is 0.162. The van der Waals surface area contributed by atoms with E-state index in [1.165, 1.54) is 12.8 Å². The Morgan fingerprint density at radius 2 is 2.11 bits per heavy atom. The third kappa shape index (κ3) is 3.32. The molecule has 1 aromatic carbocycles. The number of nitrogens with two attached hydrogens (primary N) is 1. The number of halogens is 1. The van der Waals surface area contributed by atoms with Gasteiger partial charge in [-0.3, -0.25) is 0 Å². The summed E-state index contributed by atoms with van der Waals surface area (Å²) in [6.45, 7) is 0.116. The number of aliphatic hydroxyl groups is 1. The number of methoxy groups -OCH3 is 1. The molecule has 0 radical (unpaired) electrons. The van der Waals surface area contributed by atoms with Crippen molar-refractivity contribution in [1.29, 1.82) is 0 Å². The molecule has 0 heterocycles. The molecule has 1 atom stereocenters. The predicted molar refractivity (Wildman–Crippen MR) is 74.9 cm³/mol. The van der Waals surface area contributed by atoms with E-state index in [4.69, 9.17) is 26.8 Å². The number of benzene rings is 1. The Kier molecular flexibility index (Phi) is 4.91. The van der Waals surface area contributed by atoms with Crippen LogP contribution >= 0.6 is 11.6 Å². The van der Waals surface area contributed by atoms with Crippen molar-refractivity contribution in [2.24, 2.45) is 5.73 Å². The Morgan fingerprint density at radius 3 is 2.68 bits per heavy atom. The fraction of sp³-hybridized carbons (Fsp3) is 0.571. The fourth-order valence-corrected chi connectivity index (χ4v) is 2.63. The molecule has 2 rings (SSSR count). The minimum atomic E-state index is -0.802. The molecule has 1 saturated carbocycles. The maximum absolute atomic E-state index is 10.0. The summed E-state index contributed by atoms with van der Waals surface area (Å²) in [5.74, 6) is 1.11. The first-order valence-corrected chi connectivity index (χ1v) is 6.95. The molecule has 3 N–H and O–H groups in total. The summed E-state index contributed by atoms with van der Waals surface area (Å²) in [6, 6.07) is 3.38. The molecule has 106 valence electrons. The van der Waals surface area contributed by atoms with Crippen molar-refractivity contribution in [3.8, 4) is 11.5 Å². The lowest BCUT2D eigenvalue weighted by atomic mass is 10.1. The van der Waals surface area contributed by atoms with Gasteiger partial charge in [0.2, 0.25) is 0 Å². The molecular weight excluding hydrogens is 266 g/mol. The second-order valence-electron chi connectivity index (χ2n) is 4.80. The number of aliphatic hydroxyl groups excluding tert-OH is 1. The van der Waals surface area contributed by atoms with Gasteiger partial charge in [0.1, 0.15) is 0 Å². The van der Waals surface area contributed by atoms with Crippen LogP contribution in [0, 0.1) is 0 Å². The zero-order chi connectivity index (χ0) is 13.8. The van der Waals surface area contributed by atoms with Crippen molar-refractivity contribution in [3.63, 3.8) is 0 Å². The molecule has 0 saturated heterocycles. The first-order valence-electron chi connectivity index (χ1n) is 6.58. The van der Waals surface area contributed by atoms with Gasteiger partial charge in [-0.15, -0.1) is 0 Å². The minimum absolute atomic E-state index is 0.116. The molecular formula is C14H20ClNO3. The Bertz CT molecular complexity index is 433. The second-order valence-corrected chi connectivity index (χ2v) is 5.24. The Balaban J connectivity index is 2.35. The van der Waals surface area contributed by atoms with Gasteiger partial charge in [-0.1, -0.05) is 11.6 Å².